The topological polar surface area (TPSA) is 44.4 Å². The van der Waals surface area contributed by atoms with Crippen LogP contribution >= 0.6 is 0 Å². The van der Waals surface area contributed by atoms with Gasteiger partial charge >= 0.3 is 0 Å². The van der Waals surface area contributed by atoms with E-state index in [9.17, 15) is 4.79 Å². The summed E-state index contributed by atoms with van der Waals surface area (Å²) in [5.74, 6) is 0.971. The van der Waals surface area contributed by atoms with E-state index >= 15 is 0 Å². The zero-order chi connectivity index (χ0) is 11.1. The second kappa shape index (κ2) is 6.80. The highest BCUT2D eigenvalue weighted by molar-refractivity contribution is 5.75. The SMILES string of the molecule is CNCC1CCN(CCC(=O)NC)CC1. The summed E-state index contributed by atoms with van der Waals surface area (Å²) in [5, 5.41) is 5.89. The van der Waals surface area contributed by atoms with E-state index < -0.39 is 0 Å². The smallest absolute Gasteiger partial charge is 0.221 e. The number of carbonyl (C=O) groups is 1. The summed E-state index contributed by atoms with van der Waals surface area (Å²) >= 11 is 0. The van der Waals surface area contributed by atoms with E-state index in [2.05, 4.69) is 15.5 Å². The second-order valence-electron chi connectivity index (χ2n) is 4.27. The molecule has 0 aliphatic carbocycles. The lowest BCUT2D eigenvalue weighted by Gasteiger charge is -2.31. The van der Waals surface area contributed by atoms with Crippen LogP contribution in [0.5, 0.6) is 0 Å². The van der Waals surface area contributed by atoms with Crippen LogP contribution in [0.2, 0.25) is 0 Å². The maximum absolute atomic E-state index is 11.1. The van der Waals surface area contributed by atoms with E-state index in [0.29, 0.717) is 6.42 Å². The minimum atomic E-state index is 0.146. The molecular weight excluding hydrogens is 190 g/mol. The number of rotatable bonds is 5. The normalized spacial score (nSPS) is 19.1. The molecule has 0 saturated carbocycles. The van der Waals surface area contributed by atoms with Crippen molar-refractivity contribution < 1.29 is 4.79 Å². The van der Waals surface area contributed by atoms with Gasteiger partial charge in [0.1, 0.15) is 0 Å². The van der Waals surface area contributed by atoms with Crippen molar-refractivity contribution in [3.8, 4) is 0 Å². The highest BCUT2D eigenvalue weighted by Gasteiger charge is 2.18. The van der Waals surface area contributed by atoms with E-state index in [1.54, 1.807) is 7.05 Å². The van der Waals surface area contributed by atoms with Crippen LogP contribution in [0, 0.1) is 5.92 Å². The molecule has 4 heteroatoms. The molecule has 15 heavy (non-hydrogen) atoms. The summed E-state index contributed by atoms with van der Waals surface area (Å²) in [6.07, 6.45) is 3.15. The highest BCUT2D eigenvalue weighted by atomic mass is 16.1. The van der Waals surface area contributed by atoms with Crippen molar-refractivity contribution in [3.05, 3.63) is 0 Å². The third-order valence-electron chi connectivity index (χ3n) is 3.13. The van der Waals surface area contributed by atoms with Gasteiger partial charge in [-0.3, -0.25) is 4.79 Å². The van der Waals surface area contributed by atoms with Gasteiger partial charge < -0.3 is 15.5 Å². The van der Waals surface area contributed by atoms with Crippen molar-refractivity contribution in [2.45, 2.75) is 19.3 Å². The van der Waals surface area contributed by atoms with Crippen molar-refractivity contribution in [1.82, 2.24) is 15.5 Å². The summed E-state index contributed by atoms with van der Waals surface area (Å²) < 4.78 is 0. The Morgan fingerprint density at radius 1 is 1.33 bits per heavy atom. The van der Waals surface area contributed by atoms with Gasteiger partial charge in [0.25, 0.3) is 0 Å². The molecule has 1 heterocycles. The first-order valence-electron chi connectivity index (χ1n) is 5.83. The van der Waals surface area contributed by atoms with Gasteiger partial charge in [0.2, 0.25) is 5.91 Å². The number of nitrogens with one attached hydrogen (secondary N) is 2. The number of carbonyl (C=O) groups excluding carboxylic acids is 1. The highest BCUT2D eigenvalue weighted by Crippen LogP contribution is 2.16. The Morgan fingerprint density at radius 2 is 2.00 bits per heavy atom. The van der Waals surface area contributed by atoms with Gasteiger partial charge in [-0.15, -0.1) is 0 Å². The number of hydrogen-bond donors (Lipinski definition) is 2. The summed E-state index contributed by atoms with van der Waals surface area (Å²) in [6, 6.07) is 0. The average molecular weight is 213 g/mol. The standard InChI is InChI=1S/C11H23N3O/c1-12-9-10-3-6-14(7-4-10)8-5-11(15)13-2/h10,12H,3-9H2,1-2H3,(H,13,15). The molecule has 0 radical (unpaired) electrons. The molecular formula is C11H23N3O. The quantitative estimate of drug-likeness (QED) is 0.678. The van der Waals surface area contributed by atoms with E-state index in [1.807, 2.05) is 7.05 Å². The van der Waals surface area contributed by atoms with Crippen LogP contribution in [-0.2, 0) is 4.79 Å². The Labute approximate surface area is 92.4 Å². The average Bonchev–Trinajstić information content (AvgIpc) is 2.28. The first kappa shape index (κ1) is 12.5. The Kier molecular flexibility index (Phi) is 5.65. The molecule has 1 rings (SSSR count). The van der Waals surface area contributed by atoms with E-state index in [4.69, 9.17) is 0 Å². The van der Waals surface area contributed by atoms with Gasteiger partial charge in [0.15, 0.2) is 0 Å². The molecule has 4 nitrogen and oxygen atoms in total. The van der Waals surface area contributed by atoms with Crippen LogP contribution in [0.25, 0.3) is 0 Å². The van der Waals surface area contributed by atoms with Gasteiger partial charge in [0, 0.05) is 20.0 Å². The maximum atomic E-state index is 11.1. The number of nitrogens with zero attached hydrogens (tertiary/aromatic N) is 1. The third kappa shape index (κ3) is 4.62. The lowest BCUT2D eigenvalue weighted by molar-refractivity contribution is -0.121. The number of piperidine rings is 1. The predicted molar refractivity (Wildman–Crippen MR) is 61.8 cm³/mol. The summed E-state index contributed by atoms with van der Waals surface area (Å²) in [5.41, 5.74) is 0. The molecule has 0 aromatic carbocycles. The molecule has 1 saturated heterocycles. The lowest BCUT2D eigenvalue weighted by Crippen LogP contribution is -2.38. The minimum absolute atomic E-state index is 0.146. The fourth-order valence-electron chi connectivity index (χ4n) is 2.09. The Hall–Kier alpha value is -0.610. The Bertz CT molecular complexity index is 188. The van der Waals surface area contributed by atoms with Gasteiger partial charge in [-0.25, -0.2) is 0 Å². The van der Waals surface area contributed by atoms with Crippen LogP contribution in [0.4, 0.5) is 0 Å². The molecule has 1 aliphatic rings. The first-order valence-corrected chi connectivity index (χ1v) is 5.83. The van der Waals surface area contributed by atoms with Gasteiger partial charge in [-0.1, -0.05) is 0 Å². The molecule has 1 amide bonds. The lowest BCUT2D eigenvalue weighted by atomic mass is 9.97. The number of likely N-dealkylation sites (tertiary alicyclic amines) is 1. The fourth-order valence-corrected chi connectivity index (χ4v) is 2.09. The van der Waals surface area contributed by atoms with Crippen LogP contribution in [-0.4, -0.2) is 51.1 Å². The molecule has 88 valence electrons. The van der Waals surface area contributed by atoms with Gasteiger partial charge in [-0.2, -0.15) is 0 Å². The first-order chi connectivity index (χ1) is 7.26. The monoisotopic (exact) mass is 213 g/mol. The van der Waals surface area contributed by atoms with Crippen LogP contribution in [0.15, 0.2) is 0 Å². The van der Waals surface area contributed by atoms with Crippen LogP contribution in [0.1, 0.15) is 19.3 Å². The van der Waals surface area contributed by atoms with Crippen molar-refractivity contribution in [2.75, 3.05) is 40.3 Å². The zero-order valence-electron chi connectivity index (χ0n) is 9.88. The maximum Gasteiger partial charge on any atom is 0.221 e. The van der Waals surface area contributed by atoms with E-state index in [-0.39, 0.29) is 5.91 Å². The Balaban J connectivity index is 2.12. The van der Waals surface area contributed by atoms with Crippen molar-refractivity contribution >= 4 is 5.91 Å². The largest absolute Gasteiger partial charge is 0.359 e. The third-order valence-corrected chi connectivity index (χ3v) is 3.13. The van der Waals surface area contributed by atoms with Gasteiger partial charge in [0.05, 0.1) is 0 Å². The van der Waals surface area contributed by atoms with E-state index in [1.165, 1.54) is 12.8 Å². The number of amides is 1. The second-order valence-corrected chi connectivity index (χ2v) is 4.27. The fraction of sp³-hybridized carbons (Fsp3) is 0.909. The molecule has 1 fully saturated rings. The minimum Gasteiger partial charge on any atom is -0.359 e. The molecule has 0 aromatic rings. The molecule has 0 aromatic heterocycles. The zero-order valence-corrected chi connectivity index (χ0v) is 9.88. The van der Waals surface area contributed by atoms with Crippen molar-refractivity contribution in [3.63, 3.8) is 0 Å². The molecule has 1 aliphatic heterocycles. The predicted octanol–water partition coefficient (Wildman–Crippen LogP) is 0.0539. The summed E-state index contributed by atoms with van der Waals surface area (Å²) in [7, 11) is 3.71. The number of hydrogen-bond acceptors (Lipinski definition) is 3. The summed E-state index contributed by atoms with van der Waals surface area (Å²) in [4.78, 5) is 13.5. The van der Waals surface area contributed by atoms with Crippen molar-refractivity contribution in [2.24, 2.45) is 5.92 Å². The van der Waals surface area contributed by atoms with Gasteiger partial charge in [-0.05, 0) is 45.4 Å². The van der Waals surface area contributed by atoms with Crippen LogP contribution < -0.4 is 10.6 Å². The Morgan fingerprint density at radius 3 is 2.53 bits per heavy atom. The molecule has 0 bridgehead atoms. The molecule has 0 spiro atoms. The molecule has 2 N–H and O–H groups in total. The van der Waals surface area contributed by atoms with Crippen molar-refractivity contribution in [1.29, 1.82) is 0 Å². The summed E-state index contributed by atoms with van der Waals surface area (Å²) in [6.45, 7) is 4.32. The molecule has 0 unspecified atom stereocenters. The molecule has 0 atom stereocenters. The van der Waals surface area contributed by atoms with Crippen LogP contribution in [0.3, 0.4) is 0 Å². The van der Waals surface area contributed by atoms with E-state index in [0.717, 1.165) is 32.1 Å².